The second-order valence-electron chi connectivity index (χ2n) is 9.51. The SMILES string of the molecule is CC(=O)[C@H]1CC[C@@]2(F)[C@@H]3CC=C4C[C@@H](O)CC[C@]4(C)[C@H]3CC[C@]12C. The van der Waals surface area contributed by atoms with Gasteiger partial charge in [-0.05, 0) is 69.6 Å². The van der Waals surface area contributed by atoms with Crippen molar-refractivity contribution in [1.82, 2.24) is 0 Å². The quantitative estimate of drug-likeness (QED) is 0.711. The van der Waals surface area contributed by atoms with Crippen molar-refractivity contribution < 1.29 is 14.3 Å². The summed E-state index contributed by atoms with van der Waals surface area (Å²) in [6, 6.07) is 0. The van der Waals surface area contributed by atoms with Gasteiger partial charge in [0.25, 0.3) is 0 Å². The lowest BCUT2D eigenvalue weighted by molar-refractivity contribution is -0.146. The number of alkyl halides is 1. The van der Waals surface area contributed by atoms with Gasteiger partial charge in [-0.2, -0.15) is 0 Å². The fourth-order valence-corrected chi connectivity index (χ4v) is 7.21. The summed E-state index contributed by atoms with van der Waals surface area (Å²) in [4.78, 5) is 12.1. The van der Waals surface area contributed by atoms with Gasteiger partial charge in [0.2, 0.25) is 0 Å². The molecule has 0 amide bonds. The first-order valence-electron chi connectivity index (χ1n) is 9.79. The Morgan fingerprint density at radius 3 is 2.62 bits per heavy atom. The molecular weight excluding hydrogens is 303 g/mol. The number of ketones is 1. The summed E-state index contributed by atoms with van der Waals surface area (Å²) in [7, 11) is 0. The first kappa shape index (κ1) is 16.8. The van der Waals surface area contributed by atoms with Gasteiger partial charge in [0, 0.05) is 17.3 Å². The zero-order chi connectivity index (χ0) is 17.3. The molecular formula is C21H31FO2. The van der Waals surface area contributed by atoms with E-state index >= 15 is 4.39 Å². The first-order valence-corrected chi connectivity index (χ1v) is 9.79. The molecule has 4 aliphatic carbocycles. The predicted molar refractivity (Wildman–Crippen MR) is 92.2 cm³/mol. The molecule has 0 aromatic rings. The molecule has 0 radical (unpaired) electrons. The van der Waals surface area contributed by atoms with Crippen molar-refractivity contribution in [2.75, 3.05) is 0 Å². The van der Waals surface area contributed by atoms with Crippen molar-refractivity contribution in [2.45, 2.75) is 83.9 Å². The van der Waals surface area contributed by atoms with Crippen molar-refractivity contribution in [1.29, 1.82) is 0 Å². The third-order valence-corrected chi connectivity index (χ3v) is 8.68. The molecule has 3 fully saturated rings. The molecule has 3 saturated carbocycles. The molecule has 0 heterocycles. The lowest BCUT2D eigenvalue weighted by atomic mass is 9.46. The van der Waals surface area contributed by atoms with Crippen LogP contribution in [0.4, 0.5) is 4.39 Å². The summed E-state index contributed by atoms with van der Waals surface area (Å²) in [6.45, 7) is 6.01. The largest absolute Gasteiger partial charge is 0.393 e. The molecule has 0 unspecified atom stereocenters. The number of halogens is 1. The number of aliphatic hydroxyl groups excluding tert-OH is 1. The van der Waals surface area contributed by atoms with Crippen LogP contribution in [-0.4, -0.2) is 22.7 Å². The fraction of sp³-hybridized carbons (Fsp3) is 0.857. The average Bonchev–Trinajstić information content (AvgIpc) is 2.80. The van der Waals surface area contributed by atoms with E-state index in [1.165, 1.54) is 5.57 Å². The second kappa shape index (κ2) is 5.16. The molecule has 2 nitrogen and oxygen atoms in total. The standard InChI is InChI=1S/C21H31FO2/c1-13(23)16-8-11-21(22)18-5-4-14-12-15(24)6-9-19(14,2)17(18)7-10-20(16,21)3/h4,15-18,24H,5-12H2,1-3H3/t15-,16+,17-,18+,19-,20+,21+/m0/s1. The first-order chi connectivity index (χ1) is 11.2. The van der Waals surface area contributed by atoms with E-state index in [2.05, 4.69) is 19.9 Å². The summed E-state index contributed by atoms with van der Waals surface area (Å²) >= 11 is 0. The molecule has 1 N–H and O–H groups in total. The van der Waals surface area contributed by atoms with E-state index in [0.29, 0.717) is 12.3 Å². The van der Waals surface area contributed by atoms with Gasteiger partial charge in [-0.3, -0.25) is 4.79 Å². The maximum atomic E-state index is 16.5. The highest BCUT2D eigenvalue weighted by molar-refractivity contribution is 5.80. The average molecular weight is 334 g/mol. The number of allylic oxidation sites excluding steroid dienone is 1. The topological polar surface area (TPSA) is 37.3 Å². The summed E-state index contributed by atoms with van der Waals surface area (Å²) in [5, 5.41) is 10.0. The molecule has 0 aliphatic heterocycles. The minimum absolute atomic E-state index is 0.0459. The van der Waals surface area contributed by atoms with Crippen molar-refractivity contribution in [3.63, 3.8) is 0 Å². The number of aliphatic hydroxyl groups is 1. The molecule has 4 rings (SSSR count). The molecule has 0 saturated heterocycles. The minimum atomic E-state index is -1.20. The number of Topliss-reactive ketones (excluding diaryl/α,β-unsaturated/α-hetero) is 1. The van der Waals surface area contributed by atoms with Crippen molar-refractivity contribution >= 4 is 5.78 Å². The molecule has 24 heavy (non-hydrogen) atoms. The number of carbonyl (C=O) groups is 1. The molecule has 0 spiro atoms. The van der Waals surface area contributed by atoms with Gasteiger partial charge in [-0.15, -0.1) is 0 Å². The lowest BCUT2D eigenvalue weighted by Gasteiger charge is -2.60. The second-order valence-corrected chi connectivity index (χ2v) is 9.51. The third-order valence-electron chi connectivity index (χ3n) is 8.68. The zero-order valence-corrected chi connectivity index (χ0v) is 15.3. The Balaban J connectivity index is 1.72. The van der Waals surface area contributed by atoms with Crippen molar-refractivity contribution in [3.05, 3.63) is 11.6 Å². The molecule has 0 bridgehead atoms. The van der Waals surface area contributed by atoms with Crippen LogP contribution in [-0.2, 0) is 4.79 Å². The van der Waals surface area contributed by atoms with Gasteiger partial charge in [0.05, 0.1) is 6.10 Å². The van der Waals surface area contributed by atoms with Crippen molar-refractivity contribution in [3.8, 4) is 0 Å². The van der Waals surface area contributed by atoms with E-state index < -0.39 is 11.1 Å². The van der Waals surface area contributed by atoms with E-state index in [9.17, 15) is 9.90 Å². The summed E-state index contributed by atoms with van der Waals surface area (Å²) in [5.74, 6) is 0.489. The number of rotatable bonds is 1. The maximum Gasteiger partial charge on any atom is 0.133 e. The smallest absolute Gasteiger partial charge is 0.133 e. The van der Waals surface area contributed by atoms with E-state index in [1.807, 2.05) is 0 Å². The number of carbonyl (C=O) groups excluding carboxylic acids is 1. The Morgan fingerprint density at radius 1 is 1.17 bits per heavy atom. The normalized spacial score (nSPS) is 53.6. The van der Waals surface area contributed by atoms with Gasteiger partial charge < -0.3 is 5.11 Å². The molecule has 4 aliphatic rings. The van der Waals surface area contributed by atoms with Crippen LogP contribution in [0.25, 0.3) is 0 Å². The van der Waals surface area contributed by atoms with E-state index in [-0.39, 0.29) is 29.1 Å². The molecule has 7 atom stereocenters. The predicted octanol–water partition coefficient (Wildman–Crippen LogP) is 4.61. The van der Waals surface area contributed by atoms with Crippen LogP contribution < -0.4 is 0 Å². The zero-order valence-electron chi connectivity index (χ0n) is 15.3. The fourth-order valence-electron chi connectivity index (χ4n) is 7.21. The molecule has 134 valence electrons. The van der Waals surface area contributed by atoms with Crippen LogP contribution in [0.3, 0.4) is 0 Å². The lowest BCUT2D eigenvalue weighted by Crippen LogP contribution is -2.58. The maximum absolute atomic E-state index is 16.5. The summed E-state index contributed by atoms with van der Waals surface area (Å²) in [6.07, 6.45) is 8.54. The molecule has 0 aromatic carbocycles. The van der Waals surface area contributed by atoms with E-state index in [1.54, 1.807) is 6.92 Å². The Kier molecular flexibility index (Phi) is 3.60. The van der Waals surface area contributed by atoms with Gasteiger partial charge >= 0.3 is 0 Å². The van der Waals surface area contributed by atoms with Gasteiger partial charge in [-0.25, -0.2) is 4.39 Å². The number of hydrogen-bond donors (Lipinski definition) is 1. The van der Waals surface area contributed by atoms with Crippen molar-refractivity contribution in [2.24, 2.45) is 28.6 Å². The van der Waals surface area contributed by atoms with Gasteiger partial charge in [0.1, 0.15) is 11.5 Å². The van der Waals surface area contributed by atoms with Gasteiger partial charge in [-0.1, -0.05) is 25.5 Å². The third kappa shape index (κ3) is 1.94. The van der Waals surface area contributed by atoms with Crippen LogP contribution in [0.2, 0.25) is 0 Å². The summed E-state index contributed by atoms with van der Waals surface area (Å²) in [5.41, 5.74) is -0.254. The monoisotopic (exact) mass is 334 g/mol. The van der Waals surface area contributed by atoms with Crippen LogP contribution in [0.5, 0.6) is 0 Å². The minimum Gasteiger partial charge on any atom is -0.393 e. The highest BCUT2D eigenvalue weighted by atomic mass is 19.1. The van der Waals surface area contributed by atoms with Crippen LogP contribution in [0, 0.1) is 28.6 Å². The van der Waals surface area contributed by atoms with E-state index in [4.69, 9.17) is 0 Å². The summed E-state index contributed by atoms with van der Waals surface area (Å²) < 4.78 is 16.5. The Bertz CT molecular complexity index is 599. The number of hydrogen-bond acceptors (Lipinski definition) is 2. The van der Waals surface area contributed by atoms with Crippen LogP contribution >= 0.6 is 0 Å². The van der Waals surface area contributed by atoms with E-state index in [0.717, 1.165) is 44.9 Å². The molecule has 3 heteroatoms. The van der Waals surface area contributed by atoms with Crippen LogP contribution in [0.1, 0.15) is 72.1 Å². The Morgan fingerprint density at radius 2 is 1.92 bits per heavy atom. The highest BCUT2D eigenvalue weighted by Gasteiger charge is 2.68. The van der Waals surface area contributed by atoms with Crippen LogP contribution in [0.15, 0.2) is 11.6 Å². The van der Waals surface area contributed by atoms with Gasteiger partial charge in [0.15, 0.2) is 0 Å². The Hall–Kier alpha value is -0.700. The molecule has 0 aromatic heterocycles. The highest BCUT2D eigenvalue weighted by Crippen LogP contribution is 2.69. The number of fused-ring (bicyclic) bond motifs is 5. The Labute approximate surface area is 144 Å².